The summed E-state index contributed by atoms with van der Waals surface area (Å²) in [7, 11) is 0. The highest BCUT2D eigenvalue weighted by Crippen LogP contribution is 2.27. The number of ketones is 1. The molecular formula is C11H10Br2F2O. The highest BCUT2D eigenvalue weighted by Gasteiger charge is 2.21. The van der Waals surface area contributed by atoms with E-state index >= 15 is 0 Å². The Hall–Kier alpha value is -0.290. The summed E-state index contributed by atoms with van der Waals surface area (Å²) in [6, 6.07) is 4.49. The maximum Gasteiger partial charge on any atom is 0.264 e. The van der Waals surface area contributed by atoms with Crippen molar-refractivity contribution in [3.63, 3.8) is 0 Å². The first-order valence-corrected chi connectivity index (χ1v) is 6.66. The maximum atomic E-state index is 12.8. The van der Waals surface area contributed by atoms with Crippen LogP contribution in [0.3, 0.4) is 0 Å². The average Bonchev–Trinajstić information content (AvgIpc) is 2.26. The third kappa shape index (κ3) is 3.10. The predicted molar refractivity (Wildman–Crippen MR) is 66.7 cm³/mol. The van der Waals surface area contributed by atoms with Gasteiger partial charge in [0.15, 0.2) is 5.78 Å². The first-order chi connectivity index (χ1) is 7.47. The minimum Gasteiger partial charge on any atom is -0.293 e. The van der Waals surface area contributed by atoms with Gasteiger partial charge in [-0.25, -0.2) is 8.78 Å². The van der Waals surface area contributed by atoms with Gasteiger partial charge in [0.2, 0.25) is 0 Å². The normalized spacial score (nSPS) is 12.9. The zero-order chi connectivity index (χ0) is 12.3. The van der Waals surface area contributed by atoms with Crippen molar-refractivity contribution < 1.29 is 13.6 Å². The van der Waals surface area contributed by atoms with Crippen LogP contribution in [0.2, 0.25) is 0 Å². The van der Waals surface area contributed by atoms with Crippen molar-refractivity contribution in [1.29, 1.82) is 0 Å². The van der Waals surface area contributed by atoms with Gasteiger partial charge in [-0.2, -0.15) is 0 Å². The van der Waals surface area contributed by atoms with Crippen LogP contribution in [0.25, 0.3) is 0 Å². The van der Waals surface area contributed by atoms with E-state index in [4.69, 9.17) is 0 Å². The van der Waals surface area contributed by atoms with E-state index in [9.17, 15) is 13.6 Å². The van der Waals surface area contributed by atoms with E-state index in [1.54, 1.807) is 13.0 Å². The van der Waals surface area contributed by atoms with Crippen molar-refractivity contribution >= 4 is 37.6 Å². The summed E-state index contributed by atoms with van der Waals surface area (Å²) in [5.41, 5.74) is 0.617. The molecule has 0 amide bonds. The summed E-state index contributed by atoms with van der Waals surface area (Å²) >= 11 is 6.28. The largest absolute Gasteiger partial charge is 0.293 e. The van der Waals surface area contributed by atoms with Crippen molar-refractivity contribution in [3.8, 4) is 0 Å². The number of hydrogen-bond acceptors (Lipinski definition) is 1. The fourth-order valence-electron chi connectivity index (χ4n) is 1.31. The van der Waals surface area contributed by atoms with E-state index in [0.29, 0.717) is 5.33 Å². The molecule has 0 aliphatic rings. The molecule has 0 saturated carbocycles. The Morgan fingerprint density at radius 1 is 1.44 bits per heavy atom. The van der Waals surface area contributed by atoms with Crippen LogP contribution in [0.4, 0.5) is 8.78 Å². The fraction of sp³-hybridized carbons (Fsp3) is 0.364. The molecule has 1 nitrogen and oxygen atoms in total. The van der Waals surface area contributed by atoms with E-state index in [2.05, 4.69) is 31.9 Å². The van der Waals surface area contributed by atoms with Gasteiger partial charge in [-0.1, -0.05) is 44.0 Å². The van der Waals surface area contributed by atoms with Crippen LogP contribution in [0.5, 0.6) is 0 Å². The monoisotopic (exact) mass is 354 g/mol. The summed E-state index contributed by atoms with van der Waals surface area (Å²) in [4.78, 5) is 11.2. The van der Waals surface area contributed by atoms with Gasteiger partial charge >= 0.3 is 0 Å². The minimum absolute atomic E-state index is 0.0871. The molecule has 88 valence electrons. The first kappa shape index (κ1) is 13.8. The Bertz CT molecular complexity index is 392. The fourth-order valence-corrected chi connectivity index (χ4v) is 1.91. The molecule has 1 rings (SSSR count). The van der Waals surface area contributed by atoms with Crippen molar-refractivity contribution in [1.82, 2.24) is 0 Å². The Labute approximate surface area is 109 Å². The molecule has 0 spiro atoms. The zero-order valence-corrected chi connectivity index (χ0v) is 11.7. The van der Waals surface area contributed by atoms with E-state index < -0.39 is 11.3 Å². The number of Topliss-reactive ketones (excluding diaryl/α,β-unsaturated/α-hetero) is 1. The number of carbonyl (C=O) groups is 1. The Kier molecular flexibility index (Phi) is 5.05. The van der Waals surface area contributed by atoms with Gasteiger partial charge in [-0.05, 0) is 18.6 Å². The highest BCUT2D eigenvalue weighted by molar-refractivity contribution is 9.10. The molecule has 0 aromatic heterocycles. The quantitative estimate of drug-likeness (QED) is 0.574. The van der Waals surface area contributed by atoms with Crippen LogP contribution in [0, 0.1) is 0 Å². The molecule has 0 aliphatic heterocycles. The van der Waals surface area contributed by atoms with Gasteiger partial charge in [0.25, 0.3) is 6.43 Å². The van der Waals surface area contributed by atoms with Gasteiger partial charge in [0.05, 0.1) is 4.83 Å². The molecule has 0 aliphatic carbocycles. The topological polar surface area (TPSA) is 17.1 Å². The number of carbonyl (C=O) groups excluding carboxylic acids is 1. The molecule has 5 heteroatoms. The molecule has 0 saturated heterocycles. The van der Waals surface area contributed by atoms with Gasteiger partial charge in [0.1, 0.15) is 0 Å². The van der Waals surface area contributed by atoms with E-state index in [0.717, 1.165) is 5.56 Å². The smallest absolute Gasteiger partial charge is 0.264 e. The van der Waals surface area contributed by atoms with Crippen LogP contribution in [-0.2, 0) is 5.33 Å². The molecular weight excluding hydrogens is 346 g/mol. The summed E-state index contributed by atoms with van der Waals surface area (Å²) in [5, 5.41) is 0.491. The Morgan fingerprint density at radius 2 is 2.06 bits per heavy atom. The van der Waals surface area contributed by atoms with Crippen molar-refractivity contribution in [3.05, 3.63) is 34.9 Å². The van der Waals surface area contributed by atoms with Crippen LogP contribution in [0.15, 0.2) is 18.2 Å². The summed E-state index contributed by atoms with van der Waals surface area (Å²) in [5.74, 6) is -0.323. The number of halogens is 4. The van der Waals surface area contributed by atoms with Crippen LogP contribution < -0.4 is 0 Å². The average molecular weight is 356 g/mol. The van der Waals surface area contributed by atoms with Gasteiger partial charge in [0, 0.05) is 16.5 Å². The zero-order valence-electron chi connectivity index (χ0n) is 8.51. The van der Waals surface area contributed by atoms with E-state index in [1.807, 2.05) is 0 Å². The van der Waals surface area contributed by atoms with Gasteiger partial charge in [-0.3, -0.25) is 4.79 Å². The third-order valence-corrected chi connectivity index (χ3v) is 3.20. The van der Waals surface area contributed by atoms with Crippen LogP contribution >= 0.6 is 31.9 Å². The minimum atomic E-state index is -2.64. The molecule has 1 aromatic carbocycles. The number of alkyl halides is 4. The summed E-state index contributed by atoms with van der Waals surface area (Å²) in [6.45, 7) is 1.62. The number of hydrogen-bond donors (Lipinski definition) is 0. The predicted octanol–water partition coefficient (Wildman–Crippen LogP) is 4.49. The molecule has 0 N–H and O–H groups in total. The van der Waals surface area contributed by atoms with Crippen molar-refractivity contribution in [2.24, 2.45) is 0 Å². The lowest BCUT2D eigenvalue weighted by molar-refractivity contribution is 0.0982. The first-order valence-electron chi connectivity index (χ1n) is 4.62. The van der Waals surface area contributed by atoms with Gasteiger partial charge < -0.3 is 0 Å². The molecule has 0 fully saturated rings. The molecule has 1 atom stereocenters. The molecule has 16 heavy (non-hydrogen) atoms. The number of rotatable bonds is 4. The van der Waals surface area contributed by atoms with E-state index in [-0.39, 0.29) is 16.9 Å². The molecule has 0 radical (unpaired) electrons. The SMILES string of the molecule is CC(Br)C(=O)c1ccc(CBr)cc1C(F)F. The van der Waals surface area contributed by atoms with Crippen LogP contribution in [-0.4, -0.2) is 10.6 Å². The number of benzene rings is 1. The Balaban J connectivity index is 3.23. The Morgan fingerprint density at radius 3 is 2.50 bits per heavy atom. The molecule has 1 unspecified atom stereocenters. The lowest BCUT2D eigenvalue weighted by Gasteiger charge is -2.10. The summed E-state index contributed by atoms with van der Waals surface area (Å²) in [6.07, 6.45) is -2.64. The second-order valence-electron chi connectivity index (χ2n) is 3.34. The highest BCUT2D eigenvalue weighted by atomic mass is 79.9. The van der Waals surface area contributed by atoms with E-state index in [1.165, 1.54) is 12.1 Å². The standard InChI is InChI=1S/C11H10Br2F2O/c1-6(13)10(16)8-3-2-7(5-12)4-9(8)11(14)15/h2-4,6,11H,5H2,1H3. The second kappa shape index (κ2) is 5.87. The lowest BCUT2D eigenvalue weighted by Crippen LogP contribution is -2.13. The third-order valence-electron chi connectivity index (χ3n) is 2.13. The second-order valence-corrected chi connectivity index (χ2v) is 5.27. The van der Waals surface area contributed by atoms with Crippen LogP contribution in [0.1, 0.15) is 34.8 Å². The molecule has 1 aromatic rings. The molecule has 0 heterocycles. The molecule has 0 bridgehead atoms. The van der Waals surface area contributed by atoms with Crippen molar-refractivity contribution in [2.75, 3.05) is 0 Å². The lowest BCUT2D eigenvalue weighted by atomic mass is 10.00. The van der Waals surface area contributed by atoms with Gasteiger partial charge in [-0.15, -0.1) is 0 Å². The maximum absolute atomic E-state index is 12.8. The summed E-state index contributed by atoms with van der Waals surface area (Å²) < 4.78 is 25.6. The van der Waals surface area contributed by atoms with Crippen molar-refractivity contribution in [2.45, 2.75) is 23.5 Å².